The van der Waals surface area contributed by atoms with E-state index in [9.17, 15) is 9.90 Å². The Bertz CT molecular complexity index is 537. The fourth-order valence-corrected chi connectivity index (χ4v) is 2.23. The molecular formula is C10H15ClN4O4. The van der Waals surface area contributed by atoms with Crippen molar-refractivity contribution in [3.8, 4) is 0 Å². The van der Waals surface area contributed by atoms with Crippen LogP contribution >= 0.6 is 11.6 Å². The number of aliphatic hydroxyl groups is 2. The molecule has 1 aromatic rings. The van der Waals surface area contributed by atoms with Gasteiger partial charge in [0.15, 0.2) is 0 Å². The molecule has 1 aliphatic rings. The van der Waals surface area contributed by atoms with Crippen LogP contribution in [0.2, 0.25) is 5.02 Å². The van der Waals surface area contributed by atoms with E-state index in [1.807, 2.05) is 0 Å². The van der Waals surface area contributed by atoms with Crippen LogP contribution in [0.15, 0.2) is 11.0 Å². The number of ether oxygens (including phenoxy) is 1. The molecule has 2 heterocycles. The van der Waals surface area contributed by atoms with Crippen LogP contribution in [-0.2, 0) is 10.6 Å². The van der Waals surface area contributed by atoms with Gasteiger partial charge in [-0.3, -0.25) is 9.88 Å². The zero-order valence-electron chi connectivity index (χ0n) is 10.2. The number of nitrogens with two attached hydrogens (primary N) is 1. The predicted molar refractivity (Wildman–Crippen MR) is 67.5 cm³/mol. The Morgan fingerprint density at radius 3 is 3.00 bits per heavy atom. The molecule has 0 radical (unpaired) electrons. The minimum atomic E-state index is -1.31. The lowest BCUT2D eigenvalue weighted by molar-refractivity contribution is -0.136. The second-order valence-corrected chi connectivity index (χ2v) is 4.68. The highest BCUT2D eigenvalue weighted by molar-refractivity contribution is 6.32. The van der Waals surface area contributed by atoms with Gasteiger partial charge in [0, 0.05) is 12.6 Å². The first-order valence-corrected chi connectivity index (χ1v) is 6.02. The number of aromatic nitrogens is 2. The Labute approximate surface area is 113 Å². The Morgan fingerprint density at radius 1 is 1.79 bits per heavy atom. The van der Waals surface area contributed by atoms with Crippen LogP contribution in [-0.4, -0.2) is 45.6 Å². The van der Waals surface area contributed by atoms with Gasteiger partial charge in [-0.2, -0.15) is 4.98 Å². The molecule has 0 aliphatic carbocycles. The third-order valence-corrected chi connectivity index (χ3v) is 3.42. The van der Waals surface area contributed by atoms with Crippen LogP contribution < -0.4 is 16.7 Å². The van der Waals surface area contributed by atoms with Crippen LogP contribution in [0.1, 0.15) is 6.42 Å². The third-order valence-electron chi connectivity index (χ3n) is 3.13. The number of nitrogen functional groups attached to an aromatic ring is 1. The zero-order valence-corrected chi connectivity index (χ0v) is 11.0. The first-order chi connectivity index (χ1) is 8.93. The van der Waals surface area contributed by atoms with E-state index in [0.29, 0.717) is 0 Å². The quantitative estimate of drug-likeness (QED) is 0.531. The SMILES string of the molecule is CN[C@]1(n2cc(Cl)c(N)nc2=O)C[C@H](O)[C@@H](CO)O1. The minimum Gasteiger partial charge on any atom is -0.394 e. The van der Waals surface area contributed by atoms with Crippen molar-refractivity contribution < 1.29 is 14.9 Å². The lowest BCUT2D eigenvalue weighted by atomic mass is 10.1. The van der Waals surface area contributed by atoms with Gasteiger partial charge in [-0.15, -0.1) is 0 Å². The zero-order chi connectivity index (χ0) is 14.2. The normalized spacial score (nSPS) is 30.7. The minimum absolute atomic E-state index is 0.0660. The summed E-state index contributed by atoms with van der Waals surface area (Å²) >= 11 is 5.85. The molecule has 0 spiro atoms. The summed E-state index contributed by atoms with van der Waals surface area (Å²) in [4.78, 5) is 15.5. The summed E-state index contributed by atoms with van der Waals surface area (Å²) in [6, 6.07) is 0. The number of hydrogen-bond donors (Lipinski definition) is 4. The predicted octanol–water partition coefficient (Wildman–Crippen LogP) is -1.55. The summed E-state index contributed by atoms with van der Waals surface area (Å²) in [5.74, 6) is -1.39. The van der Waals surface area contributed by atoms with Crippen molar-refractivity contribution in [2.24, 2.45) is 0 Å². The largest absolute Gasteiger partial charge is 0.394 e. The van der Waals surface area contributed by atoms with Crippen molar-refractivity contribution in [2.45, 2.75) is 24.5 Å². The Morgan fingerprint density at radius 2 is 2.47 bits per heavy atom. The molecule has 1 saturated heterocycles. The van der Waals surface area contributed by atoms with Crippen molar-refractivity contribution in [1.29, 1.82) is 0 Å². The van der Waals surface area contributed by atoms with Crippen LogP contribution in [0.25, 0.3) is 0 Å². The molecule has 9 heteroatoms. The molecule has 2 rings (SSSR count). The molecule has 106 valence electrons. The van der Waals surface area contributed by atoms with E-state index in [2.05, 4.69) is 10.3 Å². The topological polar surface area (TPSA) is 123 Å². The number of anilines is 1. The number of aliphatic hydroxyl groups excluding tert-OH is 2. The molecule has 1 aliphatic heterocycles. The standard InChI is InChI=1S/C10H15ClN4O4/c1-13-10(2-6(17)7(4-16)19-10)15-3-5(11)8(12)14-9(15)18/h3,6-7,13,16-17H,2,4H2,1H3,(H2,12,14,18)/t6-,7+,10-/m0/s1. The molecule has 5 N–H and O–H groups in total. The van der Waals surface area contributed by atoms with Crippen molar-refractivity contribution >= 4 is 17.4 Å². The molecule has 1 fully saturated rings. The van der Waals surface area contributed by atoms with Gasteiger partial charge < -0.3 is 20.7 Å². The third kappa shape index (κ3) is 2.33. The highest BCUT2D eigenvalue weighted by Crippen LogP contribution is 2.32. The molecule has 8 nitrogen and oxygen atoms in total. The van der Waals surface area contributed by atoms with Gasteiger partial charge >= 0.3 is 5.69 Å². The molecule has 0 unspecified atom stereocenters. The van der Waals surface area contributed by atoms with Crippen LogP contribution in [0.4, 0.5) is 5.82 Å². The average Bonchev–Trinajstić information content (AvgIpc) is 2.71. The smallest absolute Gasteiger partial charge is 0.353 e. The summed E-state index contributed by atoms with van der Waals surface area (Å²) in [6.45, 7) is -0.366. The monoisotopic (exact) mass is 290 g/mol. The number of rotatable bonds is 3. The van der Waals surface area contributed by atoms with E-state index < -0.39 is 23.7 Å². The van der Waals surface area contributed by atoms with Gasteiger partial charge in [0.2, 0.25) is 5.85 Å². The maximum Gasteiger partial charge on any atom is 0.353 e. The molecule has 0 aromatic carbocycles. The fraction of sp³-hybridized carbons (Fsp3) is 0.600. The van der Waals surface area contributed by atoms with Gasteiger partial charge in [0.05, 0.1) is 17.7 Å². The molecule has 0 bridgehead atoms. The van der Waals surface area contributed by atoms with Gasteiger partial charge in [-0.1, -0.05) is 11.6 Å². The molecule has 3 atom stereocenters. The maximum absolute atomic E-state index is 11.9. The summed E-state index contributed by atoms with van der Waals surface area (Å²) in [5, 5.41) is 21.8. The first-order valence-electron chi connectivity index (χ1n) is 5.64. The maximum atomic E-state index is 11.9. The highest BCUT2D eigenvalue weighted by Gasteiger charge is 2.47. The molecule has 0 amide bonds. The first kappa shape index (κ1) is 14.2. The average molecular weight is 291 g/mol. The number of nitrogens with one attached hydrogen (secondary N) is 1. The Kier molecular flexibility index (Phi) is 3.79. The number of halogens is 1. The van der Waals surface area contributed by atoms with Gasteiger partial charge in [-0.25, -0.2) is 4.79 Å². The van der Waals surface area contributed by atoms with E-state index in [1.54, 1.807) is 7.05 Å². The summed E-state index contributed by atoms with van der Waals surface area (Å²) in [5.41, 5.74) is 4.78. The fourth-order valence-electron chi connectivity index (χ4n) is 2.09. The van der Waals surface area contributed by atoms with E-state index in [4.69, 9.17) is 27.2 Å². The van der Waals surface area contributed by atoms with E-state index in [1.165, 1.54) is 6.20 Å². The molecule has 19 heavy (non-hydrogen) atoms. The van der Waals surface area contributed by atoms with Crippen molar-refractivity contribution in [3.05, 3.63) is 21.7 Å². The van der Waals surface area contributed by atoms with Crippen molar-refractivity contribution in [2.75, 3.05) is 19.4 Å². The molecule has 0 saturated carbocycles. The van der Waals surface area contributed by atoms with Gasteiger partial charge in [0.1, 0.15) is 11.9 Å². The summed E-state index contributed by atoms with van der Waals surface area (Å²) < 4.78 is 6.65. The van der Waals surface area contributed by atoms with E-state index in [-0.39, 0.29) is 23.9 Å². The van der Waals surface area contributed by atoms with Crippen LogP contribution in [0.3, 0.4) is 0 Å². The number of nitrogens with zero attached hydrogens (tertiary/aromatic N) is 2. The Balaban J connectivity index is 2.49. The van der Waals surface area contributed by atoms with E-state index >= 15 is 0 Å². The summed E-state index contributed by atoms with van der Waals surface area (Å²) in [6.07, 6.45) is -0.359. The van der Waals surface area contributed by atoms with Crippen LogP contribution in [0.5, 0.6) is 0 Å². The lowest BCUT2D eigenvalue weighted by Crippen LogP contribution is -2.51. The highest BCUT2D eigenvalue weighted by atomic mass is 35.5. The van der Waals surface area contributed by atoms with Gasteiger partial charge in [0.25, 0.3) is 0 Å². The van der Waals surface area contributed by atoms with E-state index in [0.717, 1.165) is 4.57 Å². The van der Waals surface area contributed by atoms with Crippen molar-refractivity contribution in [1.82, 2.24) is 14.9 Å². The Hall–Kier alpha value is -1.19. The van der Waals surface area contributed by atoms with Crippen molar-refractivity contribution in [3.63, 3.8) is 0 Å². The molecule has 1 aromatic heterocycles. The van der Waals surface area contributed by atoms with Crippen LogP contribution in [0, 0.1) is 0 Å². The molecular weight excluding hydrogens is 276 g/mol. The second-order valence-electron chi connectivity index (χ2n) is 4.27. The second kappa shape index (κ2) is 5.06. The lowest BCUT2D eigenvalue weighted by Gasteiger charge is -2.30. The summed E-state index contributed by atoms with van der Waals surface area (Å²) in [7, 11) is 1.56. The number of hydrogen-bond acceptors (Lipinski definition) is 7. The van der Waals surface area contributed by atoms with Gasteiger partial charge in [-0.05, 0) is 7.05 Å².